The molecule has 0 aliphatic carbocycles. The molecule has 2 aromatic rings. The Hall–Kier alpha value is -1.92. The Morgan fingerprint density at radius 1 is 1.50 bits per heavy atom. The van der Waals surface area contributed by atoms with Crippen LogP contribution in [0.2, 0.25) is 5.02 Å². The van der Waals surface area contributed by atoms with Crippen LogP contribution in [-0.2, 0) is 13.1 Å². The Bertz CT molecular complexity index is 612. The van der Waals surface area contributed by atoms with Crippen LogP contribution in [0.4, 0.5) is 5.69 Å². The van der Waals surface area contributed by atoms with E-state index in [1.54, 1.807) is 12.1 Å². The van der Waals surface area contributed by atoms with Gasteiger partial charge in [-0.2, -0.15) is 5.10 Å². The van der Waals surface area contributed by atoms with Crippen molar-refractivity contribution >= 4 is 17.3 Å². The minimum absolute atomic E-state index is 0.0614. The number of aryl methyl sites for hydroxylation is 1. The van der Waals surface area contributed by atoms with Gasteiger partial charge >= 0.3 is 0 Å². The van der Waals surface area contributed by atoms with Gasteiger partial charge < -0.3 is 5.32 Å². The van der Waals surface area contributed by atoms with Gasteiger partial charge in [0.25, 0.3) is 5.69 Å². The Kier molecular flexibility index (Phi) is 4.70. The number of hydrogen-bond acceptors (Lipinski definition) is 4. The van der Waals surface area contributed by atoms with E-state index < -0.39 is 4.92 Å². The summed E-state index contributed by atoms with van der Waals surface area (Å²) in [4.78, 5) is 10.3. The molecule has 0 aliphatic rings. The van der Waals surface area contributed by atoms with Gasteiger partial charge in [0.05, 0.1) is 17.7 Å². The van der Waals surface area contributed by atoms with Crippen molar-refractivity contribution in [1.29, 1.82) is 0 Å². The first-order chi connectivity index (χ1) is 9.56. The Morgan fingerprint density at radius 2 is 2.30 bits per heavy atom. The number of rotatable bonds is 6. The summed E-state index contributed by atoms with van der Waals surface area (Å²) < 4.78 is 1.85. The Balaban J connectivity index is 1.85. The molecule has 1 aromatic heterocycles. The van der Waals surface area contributed by atoms with Crippen LogP contribution in [0.25, 0.3) is 0 Å². The zero-order valence-corrected chi connectivity index (χ0v) is 11.8. The van der Waals surface area contributed by atoms with E-state index >= 15 is 0 Å². The summed E-state index contributed by atoms with van der Waals surface area (Å²) in [6, 6.07) is 4.82. The van der Waals surface area contributed by atoms with Crippen LogP contribution in [0.15, 0.2) is 30.6 Å². The second kappa shape index (κ2) is 6.49. The Labute approximate surface area is 121 Å². The lowest BCUT2D eigenvalue weighted by Crippen LogP contribution is -2.19. The Morgan fingerprint density at radius 3 is 2.95 bits per heavy atom. The molecule has 0 atom stereocenters. The van der Waals surface area contributed by atoms with Crippen LogP contribution < -0.4 is 5.32 Å². The minimum Gasteiger partial charge on any atom is -0.311 e. The van der Waals surface area contributed by atoms with Gasteiger partial charge in [-0.3, -0.25) is 14.8 Å². The van der Waals surface area contributed by atoms with Crippen molar-refractivity contribution in [1.82, 2.24) is 15.1 Å². The SMILES string of the molecule is Cc1cnn(CCNCc2ccc(Cl)c([N+](=O)[O-])c2)c1. The average Bonchev–Trinajstić information content (AvgIpc) is 2.82. The van der Waals surface area contributed by atoms with E-state index in [4.69, 9.17) is 11.6 Å². The molecule has 0 aliphatic heterocycles. The first-order valence-corrected chi connectivity index (χ1v) is 6.56. The fourth-order valence-electron chi connectivity index (χ4n) is 1.82. The van der Waals surface area contributed by atoms with Crippen molar-refractivity contribution in [2.24, 2.45) is 0 Å². The third-order valence-corrected chi connectivity index (χ3v) is 3.14. The monoisotopic (exact) mass is 294 g/mol. The van der Waals surface area contributed by atoms with Gasteiger partial charge in [0.1, 0.15) is 5.02 Å². The third-order valence-electron chi connectivity index (χ3n) is 2.82. The predicted molar refractivity (Wildman–Crippen MR) is 76.8 cm³/mol. The number of nitro benzene ring substituents is 1. The van der Waals surface area contributed by atoms with Crippen molar-refractivity contribution in [2.75, 3.05) is 6.54 Å². The van der Waals surface area contributed by atoms with Gasteiger partial charge in [0.15, 0.2) is 0 Å². The zero-order valence-electron chi connectivity index (χ0n) is 11.0. The molecule has 6 nitrogen and oxygen atoms in total. The third kappa shape index (κ3) is 3.79. The molecule has 20 heavy (non-hydrogen) atoms. The van der Waals surface area contributed by atoms with Gasteiger partial charge in [0.2, 0.25) is 0 Å². The molecular weight excluding hydrogens is 280 g/mol. The van der Waals surface area contributed by atoms with Crippen LogP contribution in [0, 0.1) is 17.0 Å². The molecule has 7 heteroatoms. The number of aromatic nitrogens is 2. The normalized spacial score (nSPS) is 10.7. The smallest absolute Gasteiger partial charge is 0.288 e. The summed E-state index contributed by atoms with van der Waals surface area (Å²) in [6.45, 7) is 4.03. The maximum atomic E-state index is 10.8. The summed E-state index contributed by atoms with van der Waals surface area (Å²) in [6.07, 6.45) is 3.78. The molecule has 0 amide bonds. The van der Waals surface area contributed by atoms with Crippen LogP contribution in [0.5, 0.6) is 0 Å². The highest BCUT2D eigenvalue weighted by atomic mass is 35.5. The molecule has 0 spiro atoms. The summed E-state index contributed by atoms with van der Waals surface area (Å²) in [5.41, 5.74) is 1.89. The lowest BCUT2D eigenvalue weighted by atomic mass is 10.2. The van der Waals surface area contributed by atoms with Crippen molar-refractivity contribution in [3.8, 4) is 0 Å². The maximum absolute atomic E-state index is 10.8. The first kappa shape index (κ1) is 14.5. The quantitative estimate of drug-likeness (QED) is 0.505. The fourth-order valence-corrected chi connectivity index (χ4v) is 2.01. The van der Waals surface area contributed by atoms with E-state index in [2.05, 4.69) is 10.4 Å². The van der Waals surface area contributed by atoms with Gasteiger partial charge in [-0.05, 0) is 24.1 Å². The summed E-state index contributed by atoms with van der Waals surface area (Å²) in [7, 11) is 0. The number of nitrogens with one attached hydrogen (secondary N) is 1. The van der Waals surface area contributed by atoms with Crippen LogP contribution in [0.3, 0.4) is 0 Å². The van der Waals surface area contributed by atoms with Crippen LogP contribution >= 0.6 is 11.6 Å². The van der Waals surface area contributed by atoms with Gasteiger partial charge in [-0.25, -0.2) is 0 Å². The van der Waals surface area contributed by atoms with Gasteiger partial charge in [-0.15, -0.1) is 0 Å². The molecular formula is C13H15ClN4O2. The van der Waals surface area contributed by atoms with Gasteiger partial charge in [-0.1, -0.05) is 17.7 Å². The largest absolute Gasteiger partial charge is 0.311 e. The molecule has 1 N–H and O–H groups in total. The number of benzene rings is 1. The first-order valence-electron chi connectivity index (χ1n) is 6.19. The molecule has 1 heterocycles. The maximum Gasteiger partial charge on any atom is 0.288 e. The van der Waals surface area contributed by atoms with E-state index in [1.807, 2.05) is 24.0 Å². The second-order valence-electron chi connectivity index (χ2n) is 4.50. The predicted octanol–water partition coefficient (Wildman–Crippen LogP) is 2.54. The van der Waals surface area contributed by atoms with Crippen molar-refractivity contribution in [3.63, 3.8) is 0 Å². The summed E-state index contributed by atoms with van der Waals surface area (Å²) >= 11 is 5.76. The molecule has 0 radical (unpaired) electrons. The van der Waals surface area contributed by atoms with Gasteiger partial charge in [0, 0.05) is 25.4 Å². The van der Waals surface area contributed by atoms with Crippen molar-refractivity contribution < 1.29 is 4.92 Å². The van der Waals surface area contributed by atoms with Crippen LogP contribution in [-0.4, -0.2) is 21.2 Å². The van der Waals surface area contributed by atoms with Crippen molar-refractivity contribution in [2.45, 2.75) is 20.0 Å². The number of nitro groups is 1. The minimum atomic E-state index is -0.474. The molecule has 2 rings (SSSR count). The fraction of sp³-hybridized carbons (Fsp3) is 0.308. The molecule has 0 saturated heterocycles. The molecule has 0 saturated carbocycles. The standard InChI is InChI=1S/C13H15ClN4O2/c1-10-7-16-17(9-10)5-4-15-8-11-2-3-12(14)13(6-11)18(19)20/h2-3,6-7,9,15H,4-5,8H2,1H3. The summed E-state index contributed by atoms with van der Waals surface area (Å²) in [5, 5.41) is 18.3. The highest BCUT2D eigenvalue weighted by Gasteiger charge is 2.12. The van der Waals surface area contributed by atoms with Crippen molar-refractivity contribution in [3.05, 3.63) is 56.9 Å². The molecule has 0 unspecified atom stereocenters. The lowest BCUT2D eigenvalue weighted by molar-refractivity contribution is -0.384. The lowest BCUT2D eigenvalue weighted by Gasteiger charge is -2.06. The molecule has 106 valence electrons. The molecule has 1 aromatic carbocycles. The number of nitrogens with zero attached hydrogens (tertiary/aromatic N) is 3. The highest BCUT2D eigenvalue weighted by molar-refractivity contribution is 6.32. The zero-order chi connectivity index (χ0) is 14.5. The molecule has 0 fully saturated rings. The highest BCUT2D eigenvalue weighted by Crippen LogP contribution is 2.24. The average molecular weight is 295 g/mol. The van der Waals surface area contributed by atoms with E-state index in [1.165, 1.54) is 6.07 Å². The van der Waals surface area contributed by atoms with Crippen LogP contribution in [0.1, 0.15) is 11.1 Å². The van der Waals surface area contributed by atoms with E-state index in [-0.39, 0.29) is 10.7 Å². The molecule has 0 bridgehead atoms. The van der Waals surface area contributed by atoms with E-state index in [0.717, 1.165) is 24.2 Å². The number of hydrogen-bond donors (Lipinski definition) is 1. The van der Waals surface area contributed by atoms with E-state index in [9.17, 15) is 10.1 Å². The van der Waals surface area contributed by atoms with E-state index in [0.29, 0.717) is 6.54 Å². The number of halogens is 1. The summed E-state index contributed by atoms with van der Waals surface area (Å²) in [5.74, 6) is 0. The topological polar surface area (TPSA) is 73.0 Å². The second-order valence-corrected chi connectivity index (χ2v) is 4.91.